The molecule has 1 aromatic carbocycles. The van der Waals surface area contributed by atoms with Crippen LogP contribution in [-0.2, 0) is 4.74 Å². The summed E-state index contributed by atoms with van der Waals surface area (Å²) in [5.74, 6) is -0.773. The van der Waals surface area contributed by atoms with Gasteiger partial charge in [-0.3, -0.25) is 9.69 Å². The summed E-state index contributed by atoms with van der Waals surface area (Å²) >= 11 is 0. The molecule has 0 saturated carbocycles. The fourth-order valence-corrected chi connectivity index (χ4v) is 2.86. The Morgan fingerprint density at radius 1 is 1.30 bits per heavy atom. The Hall–Kier alpha value is -1.92. The SMILES string of the molecule is CCOc1ccc(C(=O)O)cc1C(=O)CN1CC(C)OC(C)C1. The van der Waals surface area contributed by atoms with E-state index >= 15 is 0 Å². The van der Waals surface area contributed by atoms with Gasteiger partial charge < -0.3 is 14.6 Å². The van der Waals surface area contributed by atoms with E-state index in [1.807, 2.05) is 25.7 Å². The van der Waals surface area contributed by atoms with Gasteiger partial charge in [0, 0.05) is 13.1 Å². The second-order valence-electron chi connectivity index (χ2n) is 5.82. The summed E-state index contributed by atoms with van der Waals surface area (Å²) in [6.07, 6.45) is 0.145. The standard InChI is InChI=1S/C17H23NO5/c1-4-22-16-6-5-13(17(20)21)7-14(16)15(19)10-18-8-11(2)23-12(3)9-18/h5-7,11-12H,4,8-10H2,1-3H3,(H,20,21). The fraction of sp³-hybridized carbons (Fsp3) is 0.529. The molecule has 126 valence electrons. The topological polar surface area (TPSA) is 76.1 Å². The molecule has 23 heavy (non-hydrogen) atoms. The highest BCUT2D eigenvalue weighted by molar-refractivity contribution is 6.02. The predicted octanol–water partition coefficient (Wildman–Crippen LogP) is 2.08. The average Bonchev–Trinajstić information content (AvgIpc) is 2.46. The number of hydrogen-bond acceptors (Lipinski definition) is 5. The molecule has 1 fully saturated rings. The number of rotatable bonds is 6. The zero-order valence-electron chi connectivity index (χ0n) is 13.7. The molecule has 1 aliphatic rings. The van der Waals surface area contributed by atoms with Gasteiger partial charge in [-0.05, 0) is 39.0 Å². The molecule has 2 rings (SSSR count). The van der Waals surface area contributed by atoms with Crippen molar-refractivity contribution in [1.82, 2.24) is 4.90 Å². The lowest BCUT2D eigenvalue weighted by Gasteiger charge is -2.34. The number of morpholine rings is 1. The van der Waals surface area contributed by atoms with Crippen LogP contribution >= 0.6 is 0 Å². The zero-order valence-corrected chi connectivity index (χ0v) is 13.7. The monoisotopic (exact) mass is 321 g/mol. The number of benzene rings is 1. The summed E-state index contributed by atoms with van der Waals surface area (Å²) in [7, 11) is 0. The van der Waals surface area contributed by atoms with E-state index in [0.717, 1.165) is 0 Å². The Labute approximate surface area is 136 Å². The highest BCUT2D eigenvalue weighted by Crippen LogP contribution is 2.22. The van der Waals surface area contributed by atoms with Crippen LogP contribution in [0.2, 0.25) is 0 Å². The number of ketones is 1. The minimum atomic E-state index is -1.06. The highest BCUT2D eigenvalue weighted by atomic mass is 16.5. The third-order valence-corrected chi connectivity index (χ3v) is 3.69. The van der Waals surface area contributed by atoms with Gasteiger partial charge in [-0.15, -0.1) is 0 Å². The van der Waals surface area contributed by atoms with Crippen LogP contribution in [0.4, 0.5) is 0 Å². The average molecular weight is 321 g/mol. The van der Waals surface area contributed by atoms with E-state index in [1.54, 1.807) is 6.07 Å². The molecule has 1 aliphatic heterocycles. The molecule has 1 saturated heterocycles. The van der Waals surface area contributed by atoms with Gasteiger partial charge in [0.05, 0.1) is 36.5 Å². The van der Waals surface area contributed by atoms with Crippen LogP contribution in [0.15, 0.2) is 18.2 Å². The number of carboxylic acid groups (broad SMARTS) is 1. The van der Waals surface area contributed by atoms with Crippen LogP contribution in [0.25, 0.3) is 0 Å². The molecule has 0 bridgehead atoms. The number of hydrogen-bond donors (Lipinski definition) is 1. The van der Waals surface area contributed by atoms with Crippen LogP contribution < -0.4 is 4.74 Å². The van der Waals surface area contributed by atoms with Crippen LogP contribution in [0.5, 0.6) is 5.75 Å². The Balaban J connectivity index is 2.19. The van der Waals surface area contributed by atoms with Crippen molar-refractivity contribution >= 4 is 11.8 Å². The van der Waals surface area contributed by atoms with Crippen molar-refractivity contribution in [2.75, 3.05) is 26.2 Å². The summed E-state index contributed by atoms with van der Waals surface area (Å²) in [4.78, 5) is 25.8. The molecule has 1 aromatic rings. The van der Waals surface area contributed by atoms with Gasteiger partial charge in [0.1, 0.15) is 5.75 Å². The van der Waals surface area contributed by atoms with Crippen molar-refractivity contribution in [3.05, 3.63) is 29.3 Å². The lowest BCUT2D eigenvalue weighted by atomic mass is 10.0. The second kappa shape index (κ2) is 7.57. The summed E-state index contributed by atoms with van der Waals surface area (Å²) < 4.78 is 11.1. The molecule has 0 radical (unpaired) electrons. The van der Waals surface area contributed by atoms with Gasteiger partial charge in [0.25, 0.3) is 0 Å². The predicted molar refractivity (Wildman–Crippen MR) is 85.3 cm³/mol. The number of nitrogens with zero attached hydrogens (tertiary/aromatic N) is 1. The third kappa shape index (κ3) is 4.53. The normalized spacial score (nSPS) is 21.9. The molecule has 6 heteroatoms. The molecule has 2 unspecified atom stereocenters. The number of ether oxygens (including phenoxy) is 2. The van der Waals surface area contributed by atoms with E-state index < -0.39 is 5.97 Å². The molecular weight excluding hydrogens is 298 g/mol. The molecule has 0 aliphatic carbocycles. The quantitative estimate of drug-likeness (QED) is 0.809. The lowest BCUT2D eigenvalue weighted by Crippen LogP contribution is -2.47. The number of carboxylic acids is 1. The first-order valence-corrected chi connectivity index (χ1v) is 7.81. The molecule has 0 amide bonds. The Kier molecular flexibility index (Phi) is 5.74. The largest absolute Gasteiger partial charge is 0.493 e. The van der Waals surface area contributed by atoms with Crippen LogP contribution in [0, 0.1) is 0 Å². The van der Waals surface area contributed by atoms with Gasteiger partial charge in [0.2, 0.25) is 0 Å². The van der Waals surface area contributed by atoms with Crippen molar-refractivity contribution in [3.8, 4) is 5.75 Å². The van der Waals surface area contributed by atoms with E-state index in [4.69, 9.17) is 14.6 Å². The molecule has 0 spiro atoms. The summed E-state index contributed by atoms with van der Waals surface area (Å²) in [6, 6.07) is 4.39. The summed E-state index contributed by atoms with van der Waals surface area (Å²) in [5.41, 5.74) is 0.402. The van der Waals surface area contributed by atoms with E-state index in [-0.39, 0.29) is 30.1 Å². The van der Waals surface area contributed by atoms with E-state index in [2.05, 4.69) is 0 Å². The van der Waals surface area contributed by atoms with Gasteiger partial charge in [0.15, 0.2) is 5.78 Å². The van der Waals surface area contributed by atoms with E-state index in [9.17, 15) is 9.59 Å². The summed E-state index contributed by atoms with van der Waals surface area (Å²) in [5, 5.41) is 9.12. The van der Waals surface area contributed by atoms with Gasteiger partial charge in [-0.2, -0.15) is 0 Å². The molecule has 0 aromatic heterocycles. The van der Waals surface area contributed by atoms with Crippen molar-refractivity contribution in [3.63, 3.8) is 0 Å². The maximum absolute atomic E-state index is 12.6. The molecular formula is C17H23NO5. The van der Waals surface area contributed by atoms with Crippen molar-refractivity contribution in [2.45, 2.75) is 33.0 Å². The maximum Gasteiger partial charge on any atom is 0.335 e. The number of carbonyl (C=O) groups excluding carboxylic acids is 1. The van der Waals surface area contributed by atoms with Crippen LogP contribution in [0.1, 0.15) is 41.5 Å². The van der Waals surface area contributed by atoms with Crippen LogP contribution in [0.3, 0.4) is 0 Å². The van der Waals surface area contributed by atoms with E-state index in [1.165, 1.54) is 12.1 Å². The molecule has 2 atom stereocenters. The molecule has 6 nitrogen and oxygen atoms in total. The third-order valence-electron chi connectivity index (χ3n) is 3.69. The highest BCUT2D eigenvalue weighted by Gasteiger charge is 2.25. The van der Waals surface area contributed by atoms with Gasteiger partial charge in [-0.1, -0.05) is 0 Å². The van der Waals surface area contributed by atoms with Crippen molar-refractivity contribution in [2.24, 2.45) is 0 Å². The molecule has 1 N–H and O–H groups in total. The first-order valence-electron chi connectivity index (χ1n) is 7.81. The van der Waals surface area contributed by atoms with E-state index in [0.29, 0.717) is 31.0 Å². The molecule has 1 heterocycles. The smallest absolute Gasteiger partial charge is 0.335 e. The maximum atomic E-state index is 12.6. The number of carbonyl (C=O) groups is 2. The lowest BCUT2D eigenvalue weighted by molar-refractivity contribution is -0.0652. The number of Topliss-reactive ketones (excluding diaryl/α,β-unsaturated/α-hetero) is 1. The first kappa shape index (κ1) is 17.4. The first-order chi connectivity index (χ1) is 10.9. The van der Waals surface area contributed by atoms with Crippen LogP contribution in [-0.4, -0.2) is 60.2 Å². The Morgan fingerprint density at radius 3 is 2.52 bits per heavy atom. The second-order valence-corrected chi connectivity index (χ2v) is 5.82. The van der Waals surface area contributed by atoms with Crippen molar-refractivity contribution < 1.29 is 24.2 Å². The van der Waals surface area contributed by atoms with Gasteiger partial charge in [-0.25, -0.2) is 4.79 Å². The minimum absolute atomic E-state index is 0.0725. The summed E-state index contributed by atoms with van der Waals surface area (Å²) in [6.45, 7) is 7.77. The Morgan fingerprint density at radius 2 is 1.96 bits per heavy atom. The fourth-order valence-electron chi connectivity index (χ4n) is 2.86. The minimum Gasteiger partial charge on any atom is -0.493 e. The zero-order chi connectivity index (χ0) is 17.0. The van der Waals surface area contributed by atoms with Gasteiger partial charge >= 0.3 is 5.97 Å². The van der Waals surface area contributed by atoms with Crippen molar-refractivity contribution in [1.29, 1.82) is 0 Å². The Bertz CT molecular complexity index is 576. The number of aromatic carboxylic acids is 1.